The van der Waals surface area contributed by atoms with Crippen molar-refractivity contribution in [2.75, 3.05) is 6.61 Å². The number of imidazole rings is 1. The number of hydrogen-bond acceptors (Lipinski definition) is 2. The Kier molecular flexibility index (Phi) is 5.29. The van der Waals surface area contributed by atoms with Gasteiger partial charge in [0.15, 0.2) is 23.6 Å². The number of aromatic nitrogens is 2. The third-order valence-electron chi connectivity index (χ3n) is 6.69. The molecule has 0 saturated carbocycles. The summed E-state index contributed by atoms with van der Waals surface area (Å²) in [5.74, 6) is -0.107. The summed E-state index contributed by atoms with van der Waals surface area (Å²) < 4.78 is 4.28. The summed E-state index contributed by atoms with van der Waals surface area (Å²) in [6.07, 6.45) is 2.05. The lowest BCUT2D eigenvalue weighted by molar-refractivity contribution is -0.659. The second-order valence-electron chi connectivity index (χ2n) is 9.89. The molecular formula is C28H30N3O2+. The minimum absolute atomic E-state index is 0.0476. The van der Waals surface area contributed by atoms with Gasteiger partial charge in [-0.05, 0) is 28.7 Å². The van der Waals surface area contributed by atoms with E-state index >= 15 is 0 Å². The molecule has 0 saturated heterocycles. The molecule has 0 radical (unpaired) electrons. The van der Waals surface area contributed by atoms with Crippen LogP contribution in [0.3, 0.4) is 0 Å². The molecule has 33 heavy (non-hydrogen) atoms. The minimum atomic E-state index is -0.299. The Balaban J connectivity index is 1.56. The zero-order chi connectivity index (χ0) is 23.2. The van der Waals surface area contributed by atoms with Gasteiger partial charge in [0, 0.05) is 11.1 Å². The number of benzene rings is 3. The van der Waals surface area contributed by atoms with E-state index in [9.17, 15) is 9.90 Å². The molecule has 5 rings (SSSR count). The fourth-order valence-corrected chi connectivity index (χ4v) is 4.89. The lowest BCUT2D eigenvalue weighted by atomic mass is 9.87. The quantitative estimate of drug-likeness (QED) is 0.405. The smallest absolute Gasteiger partial charge is 0.262 e. The Morgan fingerprint density at radius 3 is 2.15 bits per heavy atom. The van der Waals surface area contributed by atoms with Crippen LogP contribution < -0.4 is 9.88 Å². The second-order valence-corrected chi connectivity index (χ2v) is 9.89. The number of aliphatic hydroxyl groups is 1. The molecule has 1 heterocycles. The first-order valence-corrected chi connectivity index (χ1v) is 11.5. The first-order chi connectivity index (χ1) is 15.9. The molecule has 3 aromatic carbocycles. The van der Waals surface area contributed by atoms with Crippen LogP contribution in [0.1, 0.15) is 37.9 Å². The summed E-state index contributed by atoms with van der Waals surface area (Å²) in [7, 11) is 0. The third-order valence-corrected chi connectivity index (χ3v) is 6.69. The highest BCUT2D eigenvalue weighted by Crippen LogP contribution is 2.45. The van der Waals surface area contributed by atoms with Gasteiger partial charge in [-0.25, -0.2) is 9.13 Å². The standard InChI is InChI=1S/C28H29N3O2/c1-28(2,3)25(17-32)29-26(33)16-30-18-31(24-15-9-8-14-23(24)30)27-21-12-6-4-10-19(21)20-11-5-7-13-22(20)27/h4-15,18,25,27,32H,16-17H2,1-3H3/p+1/t25-/m1/s1. The van der Waals surface area contributed by atoms with Crippen molar-refractivity contribution < 1.29 is 14.5 Å². The highest BCUT2D eigenvalue weighted by molar-refractivity contribution is 5.81. The average Bonchev–Trinajstić information content (AvgIpc) is 3.32. The van der Waals surface area contributed by atoms with Crippen LogP contribution in [0.2, 0.25) is 0 Å². The fourth-order valence-electron chi connectivity index (χ4n) is 4.89. The molecule has 0 aliphatic heterocycles. The molecule has 0 bridgehead atoms. The number of hydrogen-bond donors (Lipinski definition) is 2. The van der Waals surface area contributed by atoms with Crippen LogP contribution in [0.15, 0.2) is 79.1 Å². The number of carbonyl (C=O) groups is 1. The highest BCUT2D eigenvalue weighted by Gasteiger charge is 2.35. The molecule has 1 aliphatic rings. The lowest BCUT2D eigenvalue weighted by Crippen LogP contribution is -2.51. The summed E-state index contributed by atoms with van der Waals surface area (Å²) in [5.41, 5.74) is 6.92. The van der Waals surface area contributed by atoms with E-state index < -0.39 is 0 Å². The number of fused-ring (bicyclic) bond motifs is 4. The monoisotopic (exact) mass is 440 g/mol. The van der Waals surface area contributed by atoms with Crippen molar-refractivity contribution in [3.8, 4) is 11.1 Å². The largest absolute Gasteiger partial charge is 0.394 e. The Hall–Kier alpha value is -3.44. The number of para-hydroxylation sites is 2. The van der Waals surface area contributed by atoms with Crippen molar-refractivity contribution >= 4 is 16.9 Å². The fraction of sp³-hybridized carbons (Fsp3) is 0.286. The Morgan fingerprint density at radius 2 is 1.55 bits per heavy atom. The third kappa shape index (κ3) is 3.72. The SMILES string of the molecule is CC(C)(C)[C@@H](CO)NC(=O)C[n+]1cn(C2c3ccccc3-c3ccccc32)c2ccccc21. The van der Waals surface area contributed by atoms with Crippen LogP contribution in [-0.2, 0) is 11.3 Å². The topological polar surface area (TPSA) is 58.1 Å². The predicted molar refractivity (Wildman–Crippen MR) is 130 cm³/mol. The van der Waals surface area contributed by atoms with Crippen LogP contribution in [0.5, 0.6) is 0 Å². The van der Waals surface area contributed by atoms with Crippen LogP contribution >= 0.6 is 0 Å². The summed E-state index contributed by atoms with van der Waals surface area (Å²) in [5, 5.41) is 12.8. The van der Waals surface area contributed by atoms with E-state index in [-0.39, 0.29) is 36.6 Å². The molecule has 1 aliphatic carbocycles. The molecule has 1 aromatic heterocycles. The molecule has 0 fully saturated rings. The lowest BCUT2D eigenvalue weighted by Gasteiger charge is -2.29. The van der Waals surface area contributed by atoms with Gasteiger partial charge in [0.2, 0.25) is 6.33 Å². The van der Waals surface area contributed by atoms with E-state index in [1.54, 1.807) is 0 Å². The average molecular weight is 441 g/mol. The summed E-state index contributed by atoms with van der Waals surface area (Å²) >= 11 is 0. The van der Waals surface area contributed by atoms with Crippen molar-refractivity contribution in [2.24, 2.45) is 5.41 Å². The predicted octanol–water partition coefficient (Wildman–Crippen LogP) is 4.07. The number of nitrogens with zero attached hydrogens (tertiary/aromatic N) is 2. The van der Waals surface area contributed by atoms with E-state index in [1.807, 2.05) is 37.5 Å². The minimum Gasteiger partial charge on any atom is -0.394 e. The first-order valence-electron chi connectivity index (χ1n) is 11.5. The van der Waals surface area contributed by atoms with Gasteiger partial charge in [0.05, 0.1) is 12.6 Å². The first kappa shape index (κ1) is 21.4. The van der Waals surface area contributed by atoms with E-state index in [2.05, 4.69) is 76.9 Å². The molecular weight excluding hydrogens is 410 g/mol. The molecule has 2 N–H and O–H groups in total. The summed E-state index contributed by atoms with van der Waals surface area (Å²) in [6.45, 7) is 6.15. The summed E-state index contributed by atoms with van der Waals surface area (Å²) in [6, 6.07) is 25.1. The van der Waals surface area contributed by atoms with E-state index in [0.717, 1.165) is 11.0 Å². The van der Waals surface area contributed by atoms with Gasteiger partial charge >= 0.3 is 0 Å². The zero-order valence-corrected chi connectivity index (χ0v) is 19.3. The Labute approximate surface area is 194 Å². The molecule has 1 amide bonds. The van der Waals surface area contributed by atoms with Crippen molar-refractivity contribution in [3.05, 3.63) is 90.3 Å². The van der Waals surface area contributed by atoms with Crippen LogP contribution in [0.4, 0.5) is 0 Å². The maximum absolute atomic E-state index is 12.9. The molecule has 5 heteroatoms. The second kappa shape index (κ2) is 8.16. The van der Waals surface area contributed by atoms with E-state index in [4.69, 9.17) is 0 Å². The molecule has 4 aromatic rings. The molecule has 168 valence electrons. The van der Waals surface area contributed by atoms with Crippen molar-refractivity contribution in [1.82, 2.24) is 9.88 Å². The Bertz CT molecular complexity index is 1290. The number of nitrogens with one attached hydrogen (secondary N) is 1. The molecule has 5 nitrogen and oxygen atoms in total. The van der Waals surface area contributed by atoms with Crippen molar-refractivity contribution in [2.45, 2.75) is 39.4 Å². The summed E-state index contributed by atoms with van der Waals surface area (Å²) in [4.78, 5) is 12.9. The highest BCUT2D eigenvalue weighted by atomic mass is 16.3. The maximum Gasteiger partial charge on any atom is 0.262 e. The molecule has 1 atom stereocenters. The van der Waals surface area contributed by atoms with Gasteiger partial charge in [-0.2, -0.15) is 0 Å². The van der Waals surface area contributed by atoms with Gasteiger partial charge in [-0.3, -0.25) is 4.79 Å². The van der Waals surface area contributed by atoms with Gasteiger partial charge in [-0.15, -0.1) is 0 Å². The maximum atomic E-state index is 12.9. The number of rotatable bonds is 5. The van der Waals surface area contributed by atoms with Crippen LogP contribution in [-0.4, -0.2) is 28.2 Å². The normalized spacial score (nSPS) is 14.2. The van der Waals surface area contributed by atoms with Gasteiger partial charge in [0.1, 0.15) is 0 Å². The van der Waals surface area contributed by atoms with Gasteiger partial charge in [-0.1, -0.05) is 81.4 Å². The number of amides is 1. The molecule has 0 spiro atoms. The van der Waals surface area contributed by atoms with E-state index in [1.165, 1.54) is 22.3 Å². The Morgan fingerprint density at radius 1 is 0.970 bits per heavy atom. The van der Waals surface area contributed by atoms with Crippen LogP contribution in [0, 0.1) is 5.41 Å². The van der Waals surface area contributed by atoms with Crippen molar-refractivity contribution in [3.63, 3.8) is 0 Å². The van der Waals surface area contributed by atoms with E-state index in [0.29, 0.717) is 0 Å². The number of carbonyl (C=O) groups excluding carboxylic acids is 1. The number of aliphatic hydroxyl groups excluding tert-OH is 1. The van der Waals surface area contributed by atoms with Crippen LogP contribution in [0.25, 0.3) is 22.2 Å². The molecule has 0 unspecified atom stereocenters. The van der Waals surface area contributed by atoms with Gasteiger partial charge < -0.3 is 10.4 Å². The van der Waals surface area contributed by atoms with Crippen molar-refractivity contribution in [1.29, 1.82) is 0 Å². The van der Waals surface area contributed by atoms with Gasteiger partial charge in [0.25, 0.3) is 5.91 Å². The zero-order valence-electron chi connectivity index (χ0n) is 19.3.